The Morgan fingerprint density at radius 1 is 1.44 bits per heavy atom. The van der Waals surface area contributed by atoms with Gasteiger partial charge < -0.3 is 9.84 Å². The molecule has 0 radical (unpaired) electrons. The zero-order valence-corrected chi connectivity index (χ0v) is 8.43. The third-order valence-electron chi connectivity index (χ3n) is 2.75. The number of hydrogen-bond donors (Lipinski definition) is 1. The van der Waals surface area contributed by atoms with Crippen LogP contribution in [0.15, 0.2) is 24.4 Å². The van der Waals surface area contributed by atoms with Crippen LogP contribution in [0.4, 0.5) is 0 Å². The van der Waals surface area contributed by atoms with Crippen molar-refractivity contribution in [2.75, 3.05) is 6.61 Å². The Morgan fingerprint density at radius 2 is 2.31 bits per heavy atom. The third-order valence-corrected chi connectivity index (χ3v) is 2.75. The van der Waals surface area contributed by atoms with Crippen molar-refractivity contribution in [2.45, 2.75) is 6.42 Å². The summed E-state index contributed by atoms with van der Waals surface area (Å²) in [7, 11) is 0. The first-order valence-corrected chi connectivity index (χ1v) is 5.03. The molecule has 1 aromatic carbocycles. The molecule has 80 valence electrons. The number of aromatic nitrogens is 1. The van der Waals surface area contributed by atoms with Crippen LogP contribution in [0.1, 0.15) is 15.9 Å². The summed E-state index contributed by atoms with van der Waals surface area (Å²) in [5.74, 6) is -0.162. The van der Waals surface area contributed by atoms with Crippen molar-refractivity contribution in [3.63, 3.8) is 0 Å². The molecule has 0 atom stereocenters. The van der Waals surface area contributed by atoms with E-state index in [2.05, 4.69) is 4.98 Å². The number of ether oxygens (including phenoxy) is 1. The van der Waals surface area contributed by atoms with Crippen molar-refractivity contribution in [3.8, 4) is 5.75 Å². The molecule has 0 amide bonds. The maximum Gasteiger partial charge on any atom is 0.337 e. The smallest absolute Gasteiger partial charge is 0.337 e. The molecule has 1 N–H and O–H groups in total. The Labute approximate surface area is 91.5 Å². The lowest BCUT2D eigenvalue weighted by molar-refractivity contribution is 0.0696. The fourth-order valence-corrected chi connectivity index (χ4v) is 1.95. The summed E-state index contributed by atoms with van der Waals surface area (Å²) in [6.07, 6.45) is 2.26. The molecule has 4 nitrogen and oxygen atoms in total. The van der Waals surface area contributed by atoms with E-state index in [1.54, 1.807) is 6.07 Å². The zero-order chi connectivity index (χ0) is 11.1. The van der Waals surface area contributed by atoms with Crippen LogP contribution >= 0.6 is 0 Å². The Balaban J connectivity index is 2.28. The lowest BCUT2D eigenvalue weighted by Gasteiger charge is -2.04. The predicted octanol–water partition coefficient (Wildman–Crippen LogP) is 1.87. The van der Waals surface area contributed by atoms with Crippen LogP contribution in [0, 0.1) is 0 Å². The van der Waals surface area contributed by atoms with Gasteiger partial charge in [0, 0.05) is 18.0 Å². The summed E-state index contributed by atoms with van der Waals surface area (Å²) < 4.78 is 5.50. The SMILES string of the molecule is O=C(O)c1cnc2c3c(ccc2c1)CCO3. The molecule has 1 aliphatic heterocycles. The Morgan fingerprint density at radius 3 is 3.12 bits per heavy atom. The highest BCUT2D eigenvalue weighted by Gasteiger charge is 2.16. The average molecular weight is 215 g/mol. The number of rotatable bonds is 1. The molecule has 0 bridgehead atoms. The van der Waals surface area contributed by atoms with Gasteiger partial charge >= 0.3 is 5.97 Å². The molecule has 2 heterocycles. The van der Waals surface area contributed by atoms with E-state index < -0.39 is 5.97 Å². The van der Waals surface area contributed by atoms with Crippen LogP contribution in [-0.4, -0.2) is 22.7 Å². The number of pyridine rings is 1. The molecule has 0 spiro atoms. The van der Waals surface area contributed by atoms with Gasteiger partial charge in [0.05, 0.1) is 12.2 Å². The summed E-state index contributed by atoms with van der Waals surface area (Å²) in [6.45, 7) is 0.677. The van der Waals surface area contributed by atoms with E-state index in [1.807, 2.05) is 12.1 Å². The average Bonchev–Trinajstić information content (AvgIpc) is 2.76. The summed E-state index contributed by atoms with van der Waals surface area (Å²) >= 11 is 0. The second-order valence-electron chi connectivity index (χ2n) is 3.75. The molecule has 3 rings (SSSR count). The molecule has 0 unspecified atom stereocenters. The highest BCUT2D eigenvalue weighted by atomic mass is 16.5. The lowest BCUT2D eigenvalue weighted by atomic mass is 10.1. The predicted molar refractivity (Wildman–Crippen MR) is 57.9 cm³/mol. The normalized spacial score (nSPS) is 13.5. The van der Waals surface area contributed by atoms with Crippen LogP contribution in [0.2, 0.25) is 0 Å². The van der Waals surface area contributed by atoms with Gasteiger partial charge in [0.15, 0.2) is 0 Å². The Kier molecular flexibility index (Phi) is 1.83. The van der Waals surface area contributed by atoms with Crippen LogP contribution in [0.25, 0.3) is 10.9 Å². The van der Waals surface area contributed by atoms with Gasteiger partial charge in [-0.15, -0.1) is 0 Å². The Hall–Kier alpha value is -2.10. The number of benzene rings is 1. The third kappa shape index (κ3) is 1.23. The van der Waals surface area contributed by atoms with Gasteiger partial charge in [-0.05, 0) is 11.6 Å². The number of carboxylic acid groups (broad SMARTS) is 1. The highest BCUT2D eigenvalue weighted by Crippen LogP contribution is 2.32. The number of nitrogens with zero attached hydrogens (tertiary/aromatic N) is 1. The number of aromatic carboxylic acids is 1. The maximum atomic E-state index is 10.8. The van der Waals surface area contributed by atoms with E-state index in [4.69, 9.17) is 9.84 Å². The van der Waals surface area contributed by atoms with Crippen molar-refractivity contribution in [3.05, 3.63) is 35.5 Å². The minimum atomic E-state index is -0.962. The van der Waals surface area contributed by atoms with Crippen LogP contribution in [-0.2, 0) is 6.42 Å². The number of carbonyl (C=O) groups is 1. The highest BCUT2D eigenvalue weighted by molar-refractivity contribution is 5.94. The first-order valence-electron chi connectivity index (χ1n) is 5.03. The molecule has 0 saturated heterocycles. The number of fused-ring (bicyclic) bond motifs is 3. The molecular formula is C12H9NO3. The van der Waals surface area contributed by atoms with E-state index in [0.717, 1.165) is 28.6 Å². The van der Waals surface area contributed by atoms with Crippen LogP contribution in [0.5, 0.6) is 5.75 Å². The molecule has 1 aliphatic rings. The number of carboxylic acids is 1. The number of hydrogen-bond acceptors (Lipinski definition) is 3. The fraction of sp³-hybridized carbons (Fsp3) is 0.167. The Bertz CT molecular complexity index is 592. The summed E-state index contributed by atoms with van der Waals surface area (Å²) in [5.41, 5.74) is 2.09. The molecular weight excluding hydrogens is 206 g/mol. The second-order valence-corrected chi connectivity index (χ2v) is 3.75. The van der Waals surface area contributed by atoms with Crippen molar-refractivity contribution in [1.82, 2.24) is 4.98 Å². The van der Waals surface area contributed by atoms with Gasteiger partial charge in [-0.3, -0.25) is 4.98 Å². The van der Waals surface area contributed by atoms with Crippen molar-refractivity contribution < 1.29 is 14.6 Å². The molecule has 1 aromatic heterocycles. The van der Waals surface area contributed by atoms with E-state index in [0.29, 0.717) is 6.61 Å². The molecule has 2 aromatic rings. The van der Waals surface area contributed by atoms with Gasteiger partial charge in [-0.2, -0.15) is 0 Å². The first-order chi connectivity index (χ1) is 7.75. The molecule has 0 aliphatic carbocycles. The summed E-state index contributed by atoms with van der Waals surface area (Å²) in [6, 6.07) is 5.48. The molecule has 0 fully saturated rings. The minimum absolute atomic E-state index is 0.199. The van der Waals surface area contributed by atoms with Crippen molar-refractivity contribution >= 4 is 16.9 Å². The lowest BCUT2D eigenvalue weighted by Crippen LogP contribution is -1.97. The van der Waals surface area contributed by atoms with Gasteiger partial charge in [-0.1, -0.05) is 12.1 Å². The van der Waals surface area contributed by atoms with Gasteiger partial charge in [0.25, 0.3) is 0 Å². The quantitative estimate of drug-likeness (QED) is 0.788. The van der Waals surface area contributed by atoms with Gasteiger partial charge in [-0.25, -0.2) is 4.79 Å². The van der Waals surface area contributed by atoms with E-state index in [-0.39, 0.29) is 5.56 Å². The molecule has 0 saturated carbocycles. The van der Waals surface area contributed by atoms with Gasteiger partial charge in [0.2, 0.25) is 0 Å². The van der Waals surface area contributed by atoms with Gasteiger partial charge in [0.1, 0.15) is 11.3 Å². The van der Waals surface area contributed by atoms with E-state index >= 15 is 0 Å². The van der Waals surface area contributed by atoms with E-state index in [9.17, 15) is 4.79 Å². The molecule has 4 heteroatoms. The molecule has 16 heavy (non-hydrogen) atoms. The van der Waals surface area contributed by atoms with E-state index in [1.165, 1.54) is 6.20 Å². The maximum absolute atomic E-state index is 10.8. The van der Waals surface area contributed by atoms with Crippen molar-refractivity contribution in [1.29, 1.82) is 0 Å². The monoisotopic (exact) mass is 215 g/mol. The largest absolute Gasteiger partial charge is 0.491 e. The van der Waals surface area contributed by atoms with Crippen LogP contribution in [0.3, 0.4) is 0 Å². The zero-order valence-electron chi connectivity index (χ0n) is 8.43. The van der Waals surface area contributed by atoms with Crippen LogP contribution < -0.4 is 4.74 Å². The summed E-state index contributed by atoms with van der Waals surface area (Å²) in [5, 5.41) is 9.67. The van der Waals surface area contributed by atoms with Crippen molar-refractivity contribution in [2.24, 2.45) is 0 Å². The fourth-order valence-electron chi connectivity index (χ4n) is 1.95. The minimum Gasteiger partial charge on any atom is -0.491 e. The topological polar surface area (TPSA) is 59.4 Å². The second kappa shape index (κ2) is 3.20. The standard InChI is InChI=1S/C12H9NO3/c14-12(15)9-5-8-2-1-7-3-4-16-11(7)10(8)13-6-9/h1-2,5-6H,3-4H2,(H,14,15). The summed E-state index contributed by atoms with van der Waals surface area (Å²) in [4.78, 5) is 15.0. The first kappa shape index (κ1) is 9.15.